The van der Waals surface area contributed by atoms with Crippen molar-refractivity contribution >= 4 is 17.5 Å². The van der Waals surface area contributed by atoms with E-state index in [-0.39, 0.29) is 5.91 Å². The summed E-state index contributed by atoms with van der Waals surface area (Å²) in [5.74, 6) is -0.228. The molecule has 2 aromatic carbocycles. The monoisotopic (exact) mass is 351 g/mol. The summed E-state index contributed by atoms with van der Waals surface area (Å²) < 4.78 is 0. The van der Waals surface area contributed by atoms with Gasteiger partial charge in [0.15, 0.2) is 0 Å². The number of amides is 1. The van der Waals surface area contributed by atoms with Gasteiger partial charge in [-0.05, 0) is 41.0 Å². The van der Waals surface area contributed by atoms with Crippen molar-refractivity contribution in [2.75, 3.05) is 0 Å². The number of nitrogens with zero attached hydrogens (tertiary/aromatic N) is 1. The van der Waals surface area contributed by atoms with E-state index >= 15 is 0 Å². The molecule has 25 heavy (non-hydrogen) atoms. The number of halogens is 1. The van der Waals surface area contributed by atoms with Gasteiger partial charge in [-0.1, -0.05) is 48.0 Å². The van der Waals surface area contributed by atoms with Crippen molar-refractivity contribution in [2.45, 2.75) is 13.1 Å². The summed E-state index contributed by atoms with van der Waals surface area (Å²) >= 11 is 5.98. The number of pyridine rings is 1. The molecule has 0 saturated heterocycles. The van der Waals surface area contributed by atoms with Gasteiger partial charge in [0.05, 0.1) is 0 Å². The highest BCUT2D eigenvalue weighted by molar-refractivity contribution is 6.30. The number of benzene rings is 2. The number of rotatable bonds is 5. The Bertz CT molecular complexity index is 895. The fraction of sp³-hybridized carbons (Fsp3) is 0.100. The lowest BCUT2D eigenvalue weighted by atomic mass is 10.0. The lowest BCUT2D eigenvalue weighted by molar-refractivity contribution is 0.0946. The van der Waals surface area contributed by atoms with Crippen LogP contribution in [0.15, 0.2) is 66.9 Å². The zero-order valence-electron chi connectivity index (χ0n) is 13.6. The number of nitrogens with one attached hydrogen (secondary N) is 1. The molecule has 5 heteroatoms. The van der Waals surface area contributed by atoms with Crippen molar-refractivity contribution in [2.24, 2.45) is 5.73 Å². The molecule has 0 atom stereocenters. The number of carbonyl (C=O) groups is 1. The van der Waals surface area contributed by atoms with E-state index in [9.17, 15) is 4.79 Å². The van der Waals surface area contributed by atoms with Crippen molar-refractivity contribution in [3.05, 3.63) is 88.7 Å². The van der Waals surface area contributed by atoms with Gasteiger partial charge in [-0.2, -0.15) is 0 Å². The van der Waals surface area contributed by atoms with Gasteiger partial charge >= 0.3 is 0 Å². The molecule has 0 aliphatic rings. The first-order chi connectivity index (χ1) is 12.2. The molecule has 1 aromatic heterocycles. The number of hydrogen-bond acceptors (Lipinski definition) is 3. The van der Waals surface area contributed by atoms with Crippen LogP contribution in [0.1, 0.15) is 21.6 Å². The minimum Gasteiger partial charge on any atom is -0.347 e. The van der Waals surface area contributed by atoms with Crippen molar-refractivity contribution in [1.82, 2.24) is 10.3 Å². The summed E-state index contributed by atoms with van der Waals surface area (Å²) in [6.07, 6.45) is 1.62. The molecular formula is C20H18ClN3O. The van der Waals surface area contributed by atoms with Gasteiger partial charge in [0.25, 0.3) is 5.91 Å². The highest BCUT2D eigenvalue weighted by Gasteiger charge is 2.14. The average molecular weight is 352 g/mol. The lowest BCUT2D eigenvalue weighted by Crippen LogP contribution is -2.24. The number of carbonyl (C=O) groups excluding carboxylic acids is 1. The van der Waals surface area contributed by atoms with E-state index in [0.717, 1.165) is 22.3 Å². The summed E-state index contributed by atoms with van der Waals surface area (Å²) in [6, 6.07) is 18.9. The minimum absolute atomic E-state index is 0.228. The molecule has 0 aliphatic heterocycles. The Labute approximate surface area is 151 Å². The molecule has 126 valence electrons. The van der Waals surface area contributed by atoms with Crippen LogP contribution in [0.25, 0.3) is 11.1 Å². The largest absolute Gasteiger partial charge is 0.347 e. The van der Waals surface area contributed by atoms with E-state index in [1.807, 2.05) is 54.6 Å². The predicted octanol–water partition coefficient (Wildman–Crippen LogP) is 3.79. The second-order valence-corrected chi connectivity index (χ2v) is 6.05. The molecule has 3 N–H and O–H groups in total. The smallest absolute Gasteiger partial charge is 0.270 e. The van der Waals surface area contributed by atoms with E-state index < -0.39 is 0 Å². The normalized spacial score (nSPS) is 10.5. The maximum Gasteiger partial charge on any atom is 0.270 e. The van der Waals surface area contributed by atoms with Crippen LogP contribution in [-0.4, -0.2) is 10.9 Å². The van der Waals surface area contributed by atoms with Crippen LogP contribution in [0, 0.1) is 0 Å². The Morgan fingerprint density at radius 2 is 1.84 bits per heavy atom. The summed E-state index contributed by atoms with van der Waals surface area (Å²) in [6.45, 7) is 0.836. The van der Waals surface area contributed by atoms with Gasteiger partial charge in [0.1, 0.15) is 5.69 Å². The molecule has 0 radical (unpaired) electrons. The Morgan fingerprint density at radius 1 is 1.04 bits per heavy atom. The summed E-state index contributed by atoms with van der Waals surface area (Å²) in [4.78, 5) is 16.9. The Hall–Kier alpha value is -2.69. The fourth-order valence-electron chi connectivity index (χ4n) is 2.60. The molecule has 0 aliphatic carbocycles. The van der Waals surface area contributed by atoms with E-state index in [2.05, 4.69) is 10.3 Å². The van der Waals surface area contributed by atoms with E-state index in [1.54, 1.807) is 12.3 Å². The molecular weight excluding hydrogens is 334 g/mol. The van der Waals surface area contributed by atoms with Crippen LogP contribution < -0.4 is 11.1 Å². The van der Waals surface area contributed by atoms with E-state index in [1.165, 1.54) is 0 Å². The van der Waals surface area contributed by atoms with E-state index in [4.69, 9.17) is 17.3 Å². The van der Waals surface area contributed by atoms with Crippen LogP contribution in [0.3, 0.4) is 0 Å². The Kier molecular flexibility index (Phi) is 5.43. The molecule has 0 bridgehead atoms. The molecule has 0 fully saturated rings. The molecule has 0 spiro atoms. The molecule has 0 unspecified atom stereocenters. The molecule has 3 aromatic rings. The molecule has 3 rings (SSSR count). The van der Waals surface area contributed by atoms with E-state index in [0.29, 0.717) is 23.8 Å². The number of aromatic nitrogens is 1. The minimum atomic E-state index is -0.228. The lowest BCUT2D eigenvalue weighted by Gasteiger charge is -2.10. The second kappa shape index (κ2) is 7.92. The first-order valence-corrected chi connectivity index (χ1v) is 8.32. The standard InChI is InChI=1S/C20H18ClN3O/c21-17-7-2-5-15(11-17)13-24-20(25)19-18(8-3-9-23-19)16-6-1-4-14(10-16)12-22/h1-11H,12-13,22H2,(H,24,25). The maximum atomic E-state index is 12.6. The molecule has 1 amide bonds. The molecule has 1 heterocycles. The van der Waals surface area contributed by atoms with Crippen LogP contribution in [0.4, 0.5) is 0 Å². The first-order valence-electron chi connectivity index (χ1n) is 7.94. The maximum absolute atomic E-state index is 12.6. The zero-order chi connectivity index (χ0) is 17.6. The highest BCUT2D eigenvalue weighted by Crippen LogP contribution is 2.23. The highest BCUT2D eigenvalue weighted by atomic mass is 35.5. The predicted molar refractivity (Wildman–Crippen MR) is 100 cm³/mol. The van der Waals surface area contributed by atoms with Gasteiger partial charge < -0.3 is 11.1 Å². The van der Waals surface area contributed by atoms with Crippen LogP contribution >= 0.6 is 11.6 Å². The van der Waals surface area contributed by atoms with Crippen LogP contribution in [0.5, 0.6) is 0 Å². The van der Waals surface area contributed by atoms with Crippen LogP contribution in [-0.2, 0) is 13.1 Å². The quantitative estimate of drug-likeness (QED) is 0.734. The SMILES string of the molecule is NCc1cccc(-c2cccnc2C(=O)NCc2cccc(Cl)c2)c1. The number of nitrogens with two attached hydrogens (primary N) is 1. The van der Waals surface area contributed by atoms with Gasteiger partial charge in [-0.15, -0.1) is 0 Å². The summed E-state index contributed by atoms with van der Waals surface area (Å²) in [5, 5.41) is 3.54. The third kappa shape index (κ3) is 4.24. The Balaban J connectivity index is 1.83. The zero-order valence-corrected chi connectivity index (χ0v) is 14.3. The molecule has 4 nitrogen and oxygen atoms in total. The first kappa shape index (κ1) is 17.1. The van der Waals surface area contributed by atoms with Crippen molar-refractivity contribution < 1.29 is 4.79 Å². The summed E-state index contributed by atoms with van der Waals surface area (Å²) in [7, 11) is 0. The number of hydrogen-bond donors (Lipinski definition) is 2. The van der Waals surface area contributed by atoms with Gasteiger partial charge in [0.2, 0.25) is 0 Å². The fourth-order valence-corrected chi connectivity index (χ4v) is 2.81. The van der Waals surface area contributed by atoms with Crippen molar-refractivity contribution in [1.29, 1.82) is 0 Å². The van der Waals surface area contributed by atoms with Crippen molar-refractivity contribution in [3.8, 4) is 11.1 Å². The van der Waals surface area contributed by atoms with Gasteiger partial charge in [-0.25, -0.2) is 0 Å². The van der Waals surface area contributed by atoms with Crippen molar-refractivity contribution in [3.63, 3.8) is 0 Å². The van der Waals surface area contributed by atoms with Crippen LogP contribution in [0.2, 0.25) is 5.02 Å². The van der Waals surface area contributed by atoms with Gasteiger partial charge in [0, 0.05) is 29.9 Å². The molecule has 0 saturated carbocycles. The van der Waals surface area contributed by atoms with Gasteiger partial charge in [-0.3, -0.25) is 9.78 Å². The second-order valence-electron chi connectivity index (χ2n) is 5.62. The average Bonchev–Trinajstić information content (AvgIpc) is 2.66. The Morgan fingerprint density at radius 3 is 2.64 bits per heavy atom. The topological polar surface area (TPSA) is 68.0 Å². The third-order valence-electron chi connectivity index (χ3n) is 3.84. The third-order valence-corrected chi connectivity index (χ3v) is 4.07. The summed E-state index contributed by atoms with van der Waals surface area (Å²) in [5.41, 5.74) is 9.74.